The summed E-state index contributed by atoms with van der Waals surface area (Å²) in [5.74, 6) is 0.245. The van der Waals surface area contributed by atoms with Crippen LogP contribution in [0.2, 0.25) is 5.02 Å². The first-order chi connectivity index (χ1) is 9.10. The Morgan fingerprint density at radius 2 is 1.84 bits per heavy atom. The summed E-state index contributed by atoms with van der Waals surface area (Å²) < 4.78 is 1.02. The van der Waals surface area contributed by atoms with Crippen LogP contribution in [0.3, 0.4) is 0 Å². The van der Waals surface area contributed by atoms with Gasteiger partial charge in [0.15, 0.2) is 0 Å². The molecule has 0 radical (unpaired) electrons. The van der Waals surface area contributed by atoms with E-state index in [0.29, 0.717) is 22.2 Å². The highest BCUT2D eigenvalue weighted by Crippen LogP contribution is 2.24. The second-order valence-electron chi connectivity index (χ2n) is 3.91. The highest BCUT2D eigenvalue weighted by atomic mass is 127. The summed E-state index contributed by atoms with van der Waals surface area (Å²) in [6, 6.07) is 12.6. The molecule has 1 amide bonds. The van der Waals surface area contributed by atoms with Crippen molar-refractivity contribution in [3.63, 3.8) is 0 Å². The summed E-state index contributed by atoms with van der Waals surface area (Å²) in [5, 5.41) is 3.31. The largest absolute Gasteiger partial charge is 0.321 e. The van der Waals surface area contributed by atoms with E-state index in [1.165, 1.54) is 0 Å². The molecule has 0 aliphatic heterocycles. The fourth-order valence-corrected chi connectivity index (χ4v) is 2.61. The number of halogens is 3. The predicted molar refractivity (Wildman–Crippen MR) is 88.1 cm³/mol. The molecular formula is C14H10Cl2INO. The van der Waals surface area contributed by atoms with E-state index in [4.69, 9.17) is 23.2 Å². The van der Waals surface area contributed by atoms with Crippen LogP contribution in [0, 0.1) is 3.57 Å². The third-order valence-electron chi connectivity index (χ3n) is 2.55. The molecule has 0 atom stereocenters. The van der Waals surface area contributed by atoms with E-state index in [-0.39, 0.29) is 5.91 Å². The fourth-order valence-electron chi connectivity index (χ4n) is 1.53. The van der Waals surface area contributed by atoms with E-state index in [9.17, 15) is 4.79 Å². The van der Waals surface area contributed by atoms with Gasteiger partial charge in [0.2, 0.25) is 0 Å². The molecule has 0 aliphatic carbocycles. The molecule has 5 heteroatoms. The van der Waals surface area contributed by atoms with E-state index >= 15 is 0 Å². The zero-order valence-corrected chi connectivity index (χ0v) is 13.5. The third-order valence-corrected chi connectivity index (χ3v) is 3.84. The van der Waals surface area contributed by atoms with Crippen LogP contribution in [0.1, 0.15) is 15.9 Å². The van der Waals surface area contributed by atoms with E-state index in [1.54, 1.807) is 24.3 Å². The molecule has 0 fully saturated rings. The standard InChI is InChI=1S/C14H10Cl2INO/c15-8-9-1-3-10(4-2-9)14(19)18-13-6-5-11(17)7-12(13)16/h1-7H,8H2,(H,18,19). The van der Waals surface area contributed by atoms with Gasteiger partial charge in [-0.2, -0.15) is 0 Å². The molecule has 2 aromatic rings. The molecule has 2 aromatic carbocycles. The Morgan fingerprint density at radius 3 is 2.42 bits per heavy atom. The lowest BCUT2D eigenvalue weighted by molar-refractivity contribution is 0.102. The van der Waals surface area contributed by atoms with Crippen molar-refractivity contribution in [1.82, 2.24) is 0 Å². The molecule has 98 valence electrons. The zero-order chi connectivity index (χ0) is 13.8. The number of hydrogen-bond acceptors (Lipinski definition) is 1. The number of amides is 1. The lowest BCUT2D eigenvalue weighted by Crippen LogP contribution is -2.12. The van der Waals surface area contributed by atoms with Crippen LogP contribution in [-0.4, -0.2) is 5.91 Å². The summed E-state index contributed by atoms with van der Waals surface area (Å²) in [4.78, 5) is 12.0. The van der Waals surface area contributed by atoms with Gasteiger partial charge in [-0.05, 0) is 58.5 Å². The lowest BCUT2D eigenvalue weighted by Gasteiger charge is -2.08. The number of anilines is 1. The van der Waals surface area contributed by atoms with E-state index < -0.39 is 0 Å². The van der Waals surface area contributed by atoms with E-state index in [0.717, 1.165) is 9.13 Å². The molecule has 0 bridgehead atoms. The highest BCUT2D eigenvalue weighted by Gasteiger charge is 2.08. The minimum absolute atomic E-state index is 0.191. The van der Waals surface area contributed by atoms with Gasteiger partial charge in [-0.15, -0.1) is 11.6 Å². The number of alkyl halides is 1. The average Bonchev–Trinajstić information content (AvgIpc) is 2.42. The van der Waals surface area contributed by atoms with Crippen LogP contribution in [0.5, 0.6) is 0 Å². The SMILES string of the molecule is O=C(Nc1ccc(I)cc1Cl)c1ccc(CCl)cc1. The second-order valence-corrected chi connectivity index (χ2v) is 5.83. The molecule has 0 spiro atoms. The van der Waals surface area contributed by atoms with Crippen molar-refractivity contribution in [2.75, 3.05) is 5.32 Å². The first-order valence-corrected chi connectivity index (χ1v) is 7.50. The molecule has 0 aliphatic rings. The van der Waals surface area contributed by atoms with Gasteiger partial charge in [-0.3, -0.25) is 4.79 Å². The molecule has 0 heterocycles. The van der Waals surface area contributed by atoms with Crippen molar-refractivity contribution in [3.05, 3.63) is 62.2 Å². The molecule has 0 saturated carbocycles. The summed E-state index contributed by atoms with van der Waals surface area (Å²) >= 11 is 13.9. The van der Waals surface area contributed by atoms with Crippen molar-refractivity contribution in [3.8, 4) is 0 Å². The highest BCUT2D eigenvalue weighted by molar-refractivity contribution is 14.1. The van der Waals surface area contributed by atoms with Crippen molar-refractivity contribution in [2.24, 2.45) is 0 Å². The third kappa shape index (κ3) is 3.84. The Bertz CT molecular complexity index is 599. The van der Waals surface area contributed by atoms with Gasteiger partial charge in [0, 0.05) is 15.0 Å². The second kappa shape index (κ2) is 6.59. The summed E-state index contributed by atoms with van der Waals surface area (Å²) in [5.41, 5.74) is 2.16. The maximum absolute atomic E-state index is 12.0. The normalized spacial score (nSPS) is 10.3. The van der Waals surface area contributed by atoms with Gasteiger partial charge >= 0.3 is 0 Å². The first-order valence-electron chi connectivity index (χ1n) is 5.51. The van der Waals surface area contributed by atoms with Gasteiger partial charge in [-0.1, -0.05) is 23.7 Å². The smallest absolute Gasteiger partial charge is 0.255 e. The Hall–Kier alpha value is -0.780. The van der Waals surface area contributed by atoms with Crippen LogP contribution < -0.4 is 5.32 Å². The topological polar surface area (TPSA) is 29.1 Å². The number of nitrogens with one attached hydrogen (secondary N) is 1. The number of hydrogen-bond donors (Lipinski definition) is 1. The van der Waals surface area contributed by atoms with Crippen molar-refractivity contribution in [2.45, 2.75) is 5.88 Å². The molecule has 0 unspecified atom stereocenters. The first kappa shape index (κ1) is 14.6. The predicted octanol–water partition coefficient (Wildman–Crippen LogP) is 4.94. The van der Waals surface area contributed by atoms with Crippen molar-refractivity contribution < 1.29 is 4.79 Å². The molecular weight excluding hydrogens is 396 g/mol. The molecule has 2 nitrogen and oxygen atoms in total. The number of carbonyl (C=O) groups excluding carboxylic acids is 1. The number of benzene rings is 2. The van der Waals surface area contributed by atoms with Gasteiger partial charge in [0.25, 0.3) is 5.91 Å². The van der Waals surface area contributed by atoms with Crippen molar-refractivity contribution >= 4 is 57.4 Å². The van der Waals surface area contributed by atoms with Crippen LogP contribution in [0.15, 0.2) is 42.5 Å². The average molecular weight is 406 g/mol. The maximum atomic E-state index is 12.0. The number of carbonyl (C=O) groups is 1. The Labute approximate surface area is 135 Å². The van der Waals surface area contributed by atoms with Crippen LogP contribution in [0.25, 0.3) is 0 Å². The minimum Gasteiger partial charge on any atom is -0.321 e. The minimum atomic E-state index is -0.191. The van der Waals surface area contributed by atoms with Crippen LogP contribution >= 0.6 is 45.8 Å². The maximum Gasteiger partial charge on any atom is 0.255 e. The van der Waals surface area contributed by atoms with Gasteiger partial charge < -0.3 is 5.32 Å². The summed E-state index contributed by atoms with van der Waals surface area (Å²) in [6.07, 6.45) is 0. The lowest BCUT2D eigenvalue weighted by atomic mass is 10.1. The summed E-state index contributed by atoms with van der Waals surface area (Å²) in [6.45, 7) is 0. The Balaban J connectivity index is 2.15. The van der Waals surface area contributed by atoms with Crippen LogP contribution in [0.4, 0.5) is 5.69 Å². The van der Waals surface area contributed by atoms with Gasteiger partial charge in [0.1, 0.15) is 0 Å². The molecule has 0 aromatic heterocycles. The Kier molecular flexibility index (Phi) is 5.07. The monoisotopic (exact) mass is 405 g/mol. The summed E-state index contributed by atoms with van der Waals surface area (Å²) in [7, 11) is 0. The Morgan fingerprint density at radius 1 is 1.16 bits per heavy atom. The molecule has 2 rings (SSSR count). The molecule has 1 N–H and O–H groups in total. The van der Waals surface area contributed by atoms with Gasteiger partial charge in [-0.25, -0.2) is 0 Å². The quantitative estimate of drug-likeness (QED) is 0.568. The van der Waals surface area contributed by atoms with Gasteiger partial charge in [0.05, 0.1) is 10.7 Å². The van der Waals surface area contributed by atoms with E-state index in [2.05, 4.69) is 27.9 Å². The van der Waals surface area contributed by atoms with Crippen LogP contribution in [-0.2, 0) is 5.88 Å². The van der Waals surface area contributed by atoms with Crippen molar-refractivity contribution in [1.29, 1.82) is 0 Å². The molecule has 0 saturated heterocycles. The molecule has 19 heavy (non-hydrogen) atoms. The zero-order valence-electron chi connectivity index (χ0n) is 9.79. The van der Waals surface area contributed by atoms with E-state index in [1.807, 2.05) is 18.2 Å². The number of rotatable bonds is 3. The fraction of sp³-hybridized carbons (Fsp3) is 0.0714.